The molecule has 9 atom stereocenters. The highest BCUT2D eigenvalue weighted by atomic mass is 16.6. The molecule has 0 radical (unpaired) electrons. The molecule has 36 heavy (non-hydrogen) atoms. The summed E-state index contributed by atoms with van der Waals surface area (Å²) in [7, 11) is 0. The first-order chi connectivity index (χ1) is 16.9. The van der Waals surface area contributed by atoms with Gasteiger partial charge in [0.05, 0.1) is 6.61 Å². The number of amides is 1. The van der Waals surface area contributed by atoms with Crippen LogP contribution < -0.4 is 0 Å². The summed E-state index contributed by atoms with van der Waals surface area (Å²) in [5.74, 6) is 0.804. The zero-order chi connectivity index (χ0) is 26.4. The van der Waals surface area contributed by atoms with Gasteiger partial charge in [0.25, 0.3) is 0 Å². The molecule has 0 heterocycles. The van der Waals surface area contributed by atoms with Gasteiger partial charge < -0.3 is 9.47 Å². The molecule has 4 rings (SSSR count). The predicted molar refractivity (Wildman–Crippen MR) is 136 cm³/mol. The number of aliphatic imine (C=N–C) groups is 1. The Bertz CT molecular complexity index is 975. The average Bonchev–Trinajstić information content (AvgIpc) is 3.11. The number of carbonyl (C=O) groups is 2. The predicted octanol–water partition coefficient (Wildman–Crippen LogP) is 6.01. The van der Waals surface area contributed by atoms with Crippen LogP contribution in [0.4, 0.5) is 4.79 Å². The number of esters is 1. The minimum absolute atomic E-state index is 0.0323. The number of hydrogen-bond donors (Lipinski definition) is 0. The van der Waals surface area contributed by atoms with E-state index in [1.807, 2.05) is 6.92 Å². The molecule has 0 N–H and O–H groups in total. The second kappa shape index (κ2) is 9.90. The summed E-state index contributed by atoms with van der Waals surface area (Å²) in [6.07, 6.45) is 8.23. The second-order valence-corrected chi connectivity index (χ2v) is 12.1. The van der Waals surface area contributed by atoms with E-state index in [-0.39, 0.29) is 46.3 Å². The largest absolute Gasteiger partial charge is 0.462 e. The first-order valence-electron chi connectivity index (χ1n) is 13.6. The van der Waals surface area contributed by atoms with Crippen LogP contribution in [0.2, 0.25) is 0 Å². The van der Waals surface area contributed by atoms with E-state index in [4.69, 9.17) is 9.47 Å². The molecule has 8 nitrogen and oxygen atoms in total. The number of nitrogens with zero attached hydrogens (tertiary/aromatic N) is 2. The highest BCUT2D eigenvalue weighted by Gasteiger charge is 2.63. The summed E-state index contributed by atoms with van der Waals surface area (Å²) in [5, 5.41) is 11.9. The fraction of sp³-hybridized carbons (Fsp3) is 0.821. The fourth-order valence-electron chi connectivity index (χ4n) is 8.85. The zero-order valence-electron chi connectivity index (χ0n) is 22.6. The van der Waals surface area contributed by atoms with Gasteiger partial charge in [-0.3, -0.25) is 14.9 Å². The van der Waals surface area contributed by atoms with Crippen LogP contribution in [-0.4, -0.2) is 41.5 Å². The van der Waals surface area contributed by atoms with Crippen LogP contribution in [0.5, 0.6) is 0 Å². The SMILES string of the molecule is CCOC(=O)N=C(C)[C@H]1[C@H]([C@H](C)[N+](=O)[O-])C[C@@H]2[C@@H]3CC=C4C[C@@H](OC(C)=O)CC[C@]4(C)[C@@H]3CC[C@@]21C. The van der Waals surface area contributed by atoms with Crippen LogP contribution in [0, 0.1) is 50.5 Å². The molecule has 3 saturated carbocycles. The van der Waals surface area contributed by atoms with E-state index >= 15 is 0 Å². The van der Waals surface area contributed by atoms with E-state index in [1.165, 1.54) is 12.5 Å². The molecule has 0 aromatic carbocycles. The first kappa shape index (κ1) is 26.8. The molecular formula is C28H42N2O6. The molecule has 0 aliphatic heterocycles. The Kier molecular flexibility index (Phi) is 7.37. The molecule has 0 saturated heterocycles. The van der Waals surface area contributed by atoms with E-state index < -0.39 is 12.1 Å². The van der Waals surface area contributed by atoms with Crippen LogP contribution in [-0.2, 0) is 14.3 Å². The summed E-state index contributed by atoms with van der Waals surface area (Å²) in [4.78, 5) is 39.8. The van der Waals surface area contributed by atoms with Gasteiger partial charge in [0, 0.05) is 42.7 Å². The highest BCUT2D eigenvalue weighted by molar-refractivity contribution is 5.94. The number of fused-ring (bicyclic) bond motifs is 5. The highest BCUT2D eigenvalue weighted by Crippen LogP contribution is 2.68. The van der Waals surface area contributed by atoms with Gasteiger partial charge in [-0.2, -0.15) is 4.99 Å². The van der Waals surface area contributed by atoms with Gasteiger partial charge in [-0.05, 0) is 81.0 Å². The molecule has 4 aliphatic carbocycles. The lowest BCUT2D eigenvalue weighted by Gasteiger charge is -2.58. The molecular weight excluding hydrogens is 460 g/mol. The third-order valence-corrected chi connectivity index (χ3v) is 10.4. The topological polar surface area (TPSA) is 108 Å². The monoisotopic (exact) mass is 502 g/mol. The Morgan fingerprint density at radius 2 is 1.94 bits per heavy atom. The van der Waals surface area contributed by atoms with Gasteiger partial charge in [0.15, 0.2) is 0 Å². The Morgan fingerprint density at radius 1 is 1.22 bits per heavy atom. The van der Waals surface area contributed by atoms with Crippen molar-refractivity contribution in [3.8, 4) is 0 Å². The summed E-state index contributed by atoms with van der Waals surface area (Å²) in [6.45, 7) is 11.7. The van der Waals surface area contributed by atoms with Gasteiger partial charge in [0.1, 0.15) is 6.10 Å². The molecule has 0 spiro atoms. The minimum Gasteiger partial charge on any atom is -0.462 e. The molecule has 0 aromatic heterocycles. The molecule has 0 aromatic rings. The number of rotatable bonds is 5. The first-order valence-corrected chi connectivity index (χ1v) is 13.6. The van der Waals surface area contributed by atoms with Crippen molar-refractivity contribution in [2.24, 2.45) is 45.4 Å². The van der Waals surface area contributed by atoms with E-state index in [0.717, 1.165) is 44.9 Å². The van der Waals surface area contributed by atoms with Crippen molar-refractivity contribution >= 4 is 17.8 Å². The minimum atomic E-state index is -0.701. The number of hydrogen-bond acceptors (Lipinski definition) is 6. The number of ether oxygens (including phenoxy) is 2. The smallest absolute Gasteiger partial charge is 0.433 e. The maximum atomic E-state index is 12.2. The van der Waals surface area contributed by atoms with Gasteiger partial charge in [-0.1, -0.05) is 25.5 Å². The Labute approximate surface area is 214 Å². The molecule has 8 heteroatoms. The lowest BCUT2D eigenvalue weighted by atomic mass is 9.47. The summed E-state index contributed by atoms with van der Waals surface area (Å²) < 4.78 is 10.6. The molecule has 3 fully saturated rings. The van der Waals surface area contributed by atoms with Crippen molar-refractivity contribution in [3.05, 3.63) is 21.8 Å². The lowest BCUT2D eigenvalue weighted by molar-refractivity contribution is -0.528. The van der Waals surface area contributed by atoms with Crippen LogP contribution in [0.3, 0.4) is 0 Å². The normalized spacial score (nSPS) is 40.7. The molecule has 0 bridgehead atoms. The Balaban J connectivity index is 1.66. The maximum absolute atomic E-state index is 12.2. The van der Waals surface area contributed by atoms with Gasteiger partial charge in [0.2, 0.25) is 6.04 Å². The Morgan fingerprint density at radius 3 is 2.58 bits per heavy atom. The van der Waals surface area contributed by atoms with E-state index in [9.17, 15) is 19.7 Å². The second-order valence-electron chi connectivity index (χ2n) is 12.1. The maximum Gasteiger partial charge on any atom is 0.433 e. The molecule has 0 unspecified atom stereocenters. The summed E-state index contributed by atoms with van der Waals surface area (Å²) in [6, 6.07) is -0.701. The van der Waals surface area contributed by atoms with Crippen LogP contribution >= 0.6 is 0 Å². The quantitative estimate of drug-likeness (QED) is 0.150. The standard InChI is InChI=1S/C28H42N2O6/c1-7-35-26(32)29-16(2)25-22(17(3)30(33)34)15-24-21-9-8-19-14-20(36-18(4)31)10-12-27(19,5)23(21)11-13-28(24,25)6/h8,17,20-25H,7,9-15H2,1-6H3/t17-,20-,21+,22-,23+,24+,25-,27-,28-/m0/s1. The molecule has 1 amide bonds. The number of allylic oxidation sites excluding steroid dienone is 1. The van der Waals surface area contributed by atoms with E-state index in [0.29, 0.717) is 23.5 Å². The van der Waals surface area contributed by atoms with Crippen molar-refractivity contribution in [1.82, 2.24) is 0 Å². The van der Waals surface area contributed by atoms with Crippen LogP contribution in [0.1, 0.15) is 86.5 Å². The third kappa shape index (κ3) is 4.49. The molecule has 200 valence electrons. The van der Waals surface area contributed by atoms with Crippen molar-refractivity contribution in [2.45, 2.75) is 98.6 Å². The number of nitro groups is 1. The van der Waals surface area contributed by atoms with Gasteiger partial charge >= 0.3 is 12.1 Å². The van der Waals surface area contributed by atoms with Crippen molar-refractivity contribution in [3.63, 3.8) is 0 Å². The summed E-state index contributed by atoms with van der Waals surface area (Å²) >= 11 is 0. The summed E-state index contributed by atoms with van der Waals surface area (Å²) in [5.41, 5.74) is 2.04. The van der Waals surface area contributed by atoms with Gasteiger partial charge in [-0.15, -0.1) is 0 Å². The lowest BCUT2D eigenvalue weighted by Crippen LogP contribution is -2.51. The Hall–Kier alpha value is -2.25. The van der Waals surface area contributed by atoms with Crippen molar-refractivity contribution in [1.29, 1.82) is 0 Å². The number of carbonyl (C=O) groups excluding carboxylic acids is 2. The van der Waals surface area contributed by atoms with E-state index in [2.05, 4.69) is 24.9 Å². The van der Waals surface area contributed by atoms with E-state index in [1.54, 1.807) is 13.8 Å². The third-order valence-electron chi connectivity index (χ3n) is 10.4. The van der Waals surface area contributed by atoms with Crippen molar-refractivity contribution in [2.75, 3.05) is 6.61 Å². The fourth-order valence-corrected chi connectivity index (χ4v) is 8.85. The van der Waals surface area contributed by atoms with Crippen LogP contribution in [0.15, 0.2) is 16.6 Å². The van der Waals surface area contributed by atoms with Crippen molar-refractivity contribution < 1.29 is 24.0 Å². The zero-order valence-corrected chi connectivity index (χ0v) is 22.6. The molecule has 4 aliphatic rings. The van der Waals surface area contributed by atoms with Crippen LogP contribution in [0.25, 0.3) is 0 Å². The van der Waals surface area contributed by atoms with Gasteiger partial charge in [-0.25, -0.2) is 4.79 Å². The average molecular weight is 503 g/mol.